The molecule has 1 fully saturated rings. The molecule has 1 unspecified atom stereocenters. The van der Waals surface area contributed by atoms with Crippen LogP contribution in [0.5, 0.6) is 5.88 Å². The first-order valence-corrected chi connectivity index (χ1v) is 7.95. The van der Waals surface area contributed by atoms with Crippen LogP contribution < -0.4 is 9.64 Å². The number of aromatic nitrogens is 1. The fraction of sp³-hybridized carbons (Fsp3) is 0.294. The van der Waals surface area contributed by atoms with Gasteiger partial charge in [0.05, 0.1) is 12.1 Å². The third kappa shape index (κ3) is 3.87. The van der Waals surface area contributed by atoms with Gasteiger partial charge in [-0.2, -0.15) is 13.2 Å². The predicted octanol–water partition coefficient (Wildman–Crippen LogP) is 4.22. The van der Waals surface area contributed by atoms with E-state index in [9.17, 15) is 18.0 Å². The minimum absolute atomic E-state index is 0.0230. The molecule has 25 heavy (non-hydrogen) atoms. The molecule has 4 nitrogen and oxygen atoms in total. The number of anilines is 1. The lowest BCUT2D eigenvalue weighted by Gasteiger charge is -2.20. The molecule has 0 saturated carbocycles. The molecule has 0 aliphatic carbocycles. The Morgan fingerprint density at radius 3 is 2.76 bits per heavy atom. The van der Waals surface area contributed by atoms with Gasteiger partial charge in [0.25, 0.3) is 0 Å². The van der Waals surface area contributed by atoms with Crippen LogP contribution in [0.2, 0.25) is 5.02 Å². The zero-order valence-corrected chi connectivity index (χ0v) is 13.7. The smallest absolute Gasteiger partial charge is 0.417 e. The van der Waals surface area contributed by atoms with E-state index >= 15 is 0 Å². The summed E-state index contributed by atoms with van der Waals surface area (Å²) >= 11 is 5.87. The quantitative estimate of drug-likeness (QED) is 0.756. The van der Waals surface area contributed by atoms with Crippen LogP contribution in [-0.2, 0) is 6.18 Å². The Bertz CT molecular complexity index is 783. The second-order valence-electron chi connectivity index (χ2n) is 5.66. The van der Waals surface area contributed by atoms with Crippen LogP contribution in [0.4, 0.5) is 18.9 Å². The lowest BCUT2D eigenvalue weighted by molar-refractivity contribution is -0.137. The molecule has 0 N–H and O–H groups in total. The molecule has 0 amide bonds. The normalized spacial score (nSPS) is 17.6. The van der Waals surface area contributed by atoms with Crippen molar-refractivity contribution in [3.05, 3.63) is 52.7 Å². The third-order valence-corrected chi connectivity index (χ3v) is 4.23. The average Bonchev–Trinajstić information content (AvgIpc) is 3.04. The van der Waals surface area contributed by atoms with Crippen LogP contribution in [-0.4, -0.2) is 30.5 Å². The van der Waals surface area contributed by atoms with E-state index in [4.69, 9.17) is 16.3 Å². The van der Waals surface area contributed by atoms with Gasteiger partial charge in [0.15, 0.2) is 6.29 Å². The number of carbonyl (C=O) groups is 1. The summed E-state index contributed by atoms with van der Waals surface area (Å²) in [7, 11) is 0. The molecule has 1 atom stereocenters. The lowest BCUT2D eigenvalue weighted by atomic mass is 10.2. The van der Waals surface area contributed by atoms with Gasteiger partial charge >= 0.3 is 6.18 Å². The van der Waals surface area contributed by atoms with Crippen molar-refractivity contribution < 1.29 is 22.7 Å². The van der Waals surface area contributed by atoms with E-state index in [1.165, 1.54) is 0 Å². The zero-order valence-electron chi connectivity index (χ0n) is 13.0. The number of ether oxygens (including phenoxy) is 1. The summed E-state index contributed by atoms with van der Waals surface area (Å²) < 4.78 is 43.6. The number of nitrogens with zero attached hydrogens (tertiary/aromatic N) is 2. The third-order valence-electron chi connectivity index (χ3n) is 3.96. The van der Waals surface area contributed by atoms with E-state index in [1.807, 2.05) is 17.0 Å². The molecule has 2 aromatic rings. The molecule has 0 radical (unpaired) electrons. The zero-order chi connectivity index (χ0) is 18.0. The SMILES string of the molecule is O=Cc1ccccc1N1CCC(Oc2ncc(C(F)(F)F)cc2Cl)C1. The van der Waals surface area contributed by atoms with Gasteiger partial charge in [-0.25, -0.2) is 4.98 Å². The molecule has 8 heteroatoms. The van der Waals surface area contributed by atoms with Crippen molar-refractivity contribution in [3.63, 3.8) is 0 Å². The van der Waals surface area contributed by atoms with E-state index in [-0.39, 0.29) is 17.0 Å². The molecular weight excluding hydrogens is 357 g/mol. The summed E-state index contributed by atoms with van der Waals surface area (Å²) in [6.45, 7) is 1.15. The number of aldehydes is 1. The molecule has 1 aliphatic rings. The molecule has 2 heterocycles. The van der Waals surface area contributed by atoms with E-state index in [1.54, 1.807) is 12.1 Å². The number of alkyl halides is 3. The highest BCUT2D eigenvalue weighted by Gasteiger charge is 2.32. The van der Waals surface area contributed by atoms with Gasteiger partial charge in [-0.3, -0.25) is 4.79 Å². The van der Waals surface area contributed by atoms with E-state index < -0.39 is 11.7 Å². The maximum Gasteiger partial charge on any atom is 0.417 e. The summed E-state index contributed by atoms with van der Waals surface area (Å²) in [6.07, 6.45) is -2.64. The first-order valence-electron chi connectivity index (χ1n) is 7.57. The highest BCUT2D eigenvalue weighted by molar-refractivity contribution is 6.31. The second-order valence-corrected chi connectivity index (χ2v) is 6.07. The van der Waals surface area contributed by atoms with Crippen molar-refractivity contribution in [1.82, 2.24) is 4.98 Å². The fourth-order valence-corrected chi connectivity index (χ4v) is 2.95. The van der Waals surface area contributed by atoms with Gasteiger partial charge in [-0.1, -0.05) is 23.7 Å². The minimum atomic E-state index is -4.50. The van der Waals surface area contributed by atoms with Gasteiger partial charge in [-0.15, -0.1) is 0 Å². The van der Waals surface area contributed by atoms with E-state index in [0.29, 0.717) is 31.3 Å². The highest BCUT2D eigenvalue weighted by Crippen LogP contribution is 2.34. The summed E-state index contributed by atoms with van der Waals surface area (Å²) in [5.74, 6) is -0.0230. The number of carbonyl (C=O) groups excluding carboxylic acids is 1. The number of para-hydroxylation sites is 1. The van der Waals surface area contributed by atoms with Crippen molar-refractivity contribution in [2.45, 2.75) is 18.7 Å². The predicted molar refractivity (Wildman–Crippen MR) is 87.3 cm³/mol. The Balaban J connectivity index is 1.70. The maximum absolute atomic E-state index is 12.6. The topological polar surface area (TPSA) is 42.4 Å². The molecule has 1 aromatic heterocycles. The largest absolute Gasteiger partial charge is 0.471 e. The van der Waals surface area contributed by atoms with Gasteiger partial charge < -0.3 is 9.64 Å². The van der Waals surface area contributed by atoms with Crippen molar-refractivity contribution >= 4 is 23.6 Å². The maximum atomic E-state index is 12.6. The average molecular weight is 371 g/mol. The van der Waals surface area contributed by atoms with Crippen LogP contribution in [0.3, 0.4) is 0 Å². The molecule has 0 spiro atoms. The number of rotatable bonds is 4. The molecule has 1 saturated heterocycles. The number of halogens is 4. The first-order chi connectivity index (χ1) is 11.9. The summed E-state index contributed by atoms with van der Waals surface area (Å²) in [5, 5.41) is -0.179. The van der Waals surface area contributed by atoms with E-state index in [2.05, 4.69) is 4.98 Å². The number of hydrogen-bond acceptors (Lipinski definition) is 4. The second kappa shape index (κ2) is 6.92. The number of benzene rings is 1. The van der Waals surface area contributed by atoms with Crippen LogP contribution >= 0.6 is 11.6 Å². The minimum Gasteiger partial charge on any atom is -0.471 e. The van der Waals surface area contributed by atoms with Crippen molar-refractivity contribution in [1.29, 1.82) is 0 Å². The number of hydrogen-bond donors (Lipinski definition) is 0. The Hall–Kier alpha value is -2.28. The monoisotopic (exact) mass is 370 g/mol. The molecule has 3 rings (SSSR count). The fourth-order valence-electron chi connectivity index (χ4n) is 2.74. The standard InChI is InChI=1S/C17H14ClF3N2O2/c18-14-7-12(17(19,20)21)8-22-16(14)25-13-5-6-23(9-13)15-4-2-1-3-11(15)10-24/h1-4,7-8,10,13H,5-6,9H2. The van der Waals surface area contributed by atoms with Crippen LogP contribution in [0, 0.1) is 0 Å². The summed E-state index contributed by atoms with van der Waals surface area (Å²) in [4.78, 5) is 16.8. The summed E-state index contributed by atoms with van der Waals surface area (Å²) in [6, 6.07) is 7.99. The molecule has 1 aromatic carbocycles. The van der Waals surface area contributed by atoms with Crippen molar-refractivity contribution in [3.8, 4) is 5.88 Å². The van der Waals surface area contributed by atoms with Gasteiger partial charge in [0.2, 0.25) is 5.88 Å². The van der Waals surface area contributed by atoms with Crippen LogP contribution in [0.25, 0.3) is 0 Å². The first kappa shape index (κ1) is 17.5. The Morgan fingerprint density at radius 2 is 2.08 bits per heavy atom. The Labute approximate surface area is 147 Å². The Morgan fingerprint density at radius 1 is 1.32 bits per heavy atom. The molecular formula is C17H14ClF3N2O2. The van der Waals surface area contributed by atoms with E-state index in [0.717, 1.165) is 18.0 Å². The lowest BCUT2D eigenvalue weighted by Crippen LogP contribution is -2.25. The molecule has 1 aliphatic heterocycles. The Kier molecular flexibility index (Phi) is 4.85. The number of pyridine rings is 1. The van der Waals surface area contributed by atoms with Crippen LogP contribution in [0.1, 0.15) is 22.3 Å². The molecule has 132 valence electrons. The van der Waals surface area contributed by atoms with Gasteiger partial charge in [-0.05, 0) is 18.2 Å². The van der Waals surface area contributed by atoms with Crippen LogP contribution in [0.15, 0.2) is 36.5 Å². The highest BCUT2D eigenvalue weighted by atomic mass is 35.5. The van der Waals surface area contributed by atoms with Gasteiger partial charge in [0.1, 0.15) is 11.1 Å². The summed E-state index contributed by atoms with van der Waals surface area (Å²) in [5.41, 5.74) is 0.460. The molecule has 0 bridgehead atoms. The van der Waals surface area contributed by atoms with Crippen molar-refractivity contribution in [2.75, 3.05) is 18.0 Å². The van der Waals surface area contributed by atoms with Crippen molar-refractivity contribution in [2.24, 2.45) is 0 Å². The van der Waals surface area contributed by atoms with Gasteiger partial charge in [0, 0.05) is 30.4 Å².